The van der Waals surface area contributed by atoms with Crippen LogP contribution < -0.4 is 4.90 Å². The maximum absolute atomic E-state index is 12.5. The van der Waals surface area contributed by atoms with Gasteiger partial charge in [0.2, 0.25) is 5.91 Å². The average Bonchev–Trinajstić information content (AvgIpc) is 2.77. The topological polar surface area (TPSA) is 57.6 Å². The van der Waals surface area contributed by atoms with Crippen molar-refractivity contribution < 1.29 is 14.7 Å². The fourth-order valence-electron chi connectivity index (χ4n) is 3.27. The third kappa shape index (κ3) is 4.57. The van der Waals surface area contributed by atoms with Crippen molar-refractivity contribution in [2.24, 2.45) is 5.92 Å². The lowest BCUT2D eigenvalue weighted by Gasteiger charge is -2.23. The zero-order valence-electron chi connectivity index (χ0n) is 14.3. The van der Waals surface area contributed by atoms with Crippen molar-refractivity contribution in [2.45, 2.75) is 65.3 Å². The molecule has 0 saturated carbocycles. The molecule has 23 heavy (non-hydrogen) atoms. The second kappa shape index (κ2) is 7.62. The third-order valence-corrected chi connectivity index (χ3v) is 4.32. The van der Waals surface area contributed by atoms with E-state index in [0.29, 0.717) is 18.8 Å². The van der Waals surface area contributed by atoms with Crippen molar-refractivity contribution in [3.05, 3.63) is 29.3 Å². The van der Waals surface area contributed by atoms with Crippen molar-refractivity contribution in [3.8, 4) is 0 Å². The van der Waals surface area contributed by atoms with Gasteiger partial charge in [-0.15, -0.1) is 0 Å². The lowest BCUT2D eigenvalue weighted by molar-refractivity contribution is -0.137. The Morgan fingerprint density at radius 2 is 2.04 bits per heavy atom. The van der Waals surface area contributed by atoms with Crippen molar-refractivity contribution in [1.29, 1.82) is 0 Å². The van der Waals surface area contributed by atoms with Crippen LogP contribution >= 0.6 is 0 Å². The lowest BCUT2D eigenvalue weighted by Crippen LogP contribution is -2.36. The molecule has 1 heterocycles. The molecular weight excluding hydrogens is 290 g/mol. The number of amides is 1. The Labute approximate surface area is 138 Å². The minimum absolute atomic E-state index is 0.209. The number of hydrogen-bond donors (Lipinski definition) is 1. The summed E-state index contributed by atoms with van der Waals surface area (Å²) >= 11 is 0. The Morgan fingerprint density at radius 1 is 1.30 bits per heavy atom. The fraction of sp³-hybridized carbons (Fsp3) is 0.579. The molecule has 126 valence electrons. The van der Waals surface area contributed by atoms with Crippen LogP contribution in [0.15, 0.2) is 18.2 Å². The summed E-state index contributed by atoms with van der Waals surface area (Å²) in [7, 11) is 0. The second-order valence-corrected chi connectivity index (χ2v) is 6.98. The summed E-state index contributed by atoms with van der Waals surface area (Å²) in [6.45, 7) is 6.24. The summed E-state index contributed by atoms with van der Waals surface area (Å²) in [6, 6.07) is 6.55. The van der Waals surface area contributed by atoms with E-state index in [-0.39, 0.29) is 18.4 Å². The lowest BCUT2D eigenvalue weighted by atomic mass is 10.0. The Morgan fingerprint density at radius 3 is 2.70 bits per heavy atom. The quantitative estimate of drug-likeness (QED) is 0.778. The highest BCUT2D eigenvalue weighted by atomic mass is 16.4. The van der Waals surface area contributed by atoms with Crippen LogP contribution in [0.3, 0.4) is 0 Å². The van der Waals surface area contributed by atoms with Crippen LogP contribution in [-0.4, -0.2) is 23.0 Å². The molecular formula is C19H27NO3. The molecule has 1 N–H and O–H groups in total. The molecule has 0 aliphatic carbocycles. The zero-order chi connectivity index (χ0) is 17.0. The number of carboxylic acids is 1. The van der Waals surface area contributed by atoms with Crippen LogP contribution in [-0.2, 0) is 22.4 Å². The largest absolute Gasteiger partial charge is 0.481 e. The number of unbranched alkanes of at least 4 members (excludes halogenated alkanes) is 1. The van der Waals surface area contributed by atoms with E-state index in [1.54, 1.807) is 0 Å². The fourth-order valence-corrected chi connectivity index (χ4v) is 3.27. The molecule has 1 aromatic rings. The maximum atomic E-state index is 12.5. The first kappa shape index (κ1) is 17.5. The molecule has 0 aromatic heterocycles. The first-order valence-corrected chi connectivity index (χ1v) is 8.54. The van der Waals surface area contributed by atoms with Crippen molar-refractivity contribution in [3.63, 3.8) is 0 Å². The predicted octanol–water partition coefficient (Wildman–Crippen LogP) is 3.81. The van der Waals surface area contributed by atoms with E-state index in [1.807, 2.05) is 4.90 Å². The van der Waals surface area contributed by atoms with E-state index in [0.717, 1.165) is 24.9 Å². The van der Waals surface area contributed by atoms with Crippen LogP contribution in [0, 0.1) is 5.92 Å². The summed E-state index contributed by atoms with van der Waals surface area (Å²) in [6.07, 6.45) is 4.22. The highest BCUT2D eigenvalue weighted by molar-refractivity contribution is 5.96. The van der Waals surface area contributed by atoms with Crippen LogP contribution in [0.1, 0.15) is 57.6 Å². The van der Waals surface area contributed by atoms with Gasteiger partial charge in [-0.2, -0.15) is 0 Å². The van der Waals surface area contributed by atoms with E-state index < -0.39 is 5.97 Å². The van der Waals surface area contributed by atoms with Gasteiger partial charge in [0.15, 0.2) is 0 Å². The maximum Gasteiger partial charge on any atom is 0.303 e. The first-order chi connectivity index (χ1) is 10.9. The molecule has 1 aromatic carbocycles. The Balaban J connectivity index is 2.02. The van der Waals surface area contributed by atoms with Gasteiger partial charge in [0.05, 0.1) is 0 Å². The SMILES string of the molecule is CC(C)CC(=O)N1c2ccc(CCCCC(=O)O)cc2CC1C. The molecule has 1 unspecified atom stereocenters. The van der Waals surface area contributed by atoms with Gasteiger partial charge in [0.1, 0.15) is 0 Å². The number of aliphatic carboxylic acids is 1. The number of hydrogen-bond acceptors (Lipinski definition) is 2. The van der Waals surface area contributed by atoms with Crippen molar-refractivity contribution >= 4 is 17.6 Å². The number of anilines is 1. The number of rotatable bonds is 7. The minimum Gasteiger partial charge on any atom is -0.481 e. The Bertz CT molecular complexity index is 580. The van der Waals surface area contributed by atoms with Crippen molar-refractivity contribution in [2.75, 3.05) is 4.90 Å². The number of carbonyl (C=O) groups excluding carboxylic acids is 1. The zero-order valence-corrected chi connectivity index (χ0v) is 14.3. The van der Waals surface area contributed by atoms with Crippen LogP contribution in [0.25, 0.3) is 0 Å². The molecule has 0 radical (unpaired) electrons. The van der Waals surface area contributed by atoms with Gasteiger partial charge in [-0.25, -0.2) is 0 Å². The molecule has 0 fully saturated rings. The van der Waals surface area contributed by atoms with E-state index in [2.05, 4.69) is 39.0 Å². The average molecular weight is 317 g/mol. The van der Waals surface area contributed by atoms with E-state index in [1.165, 1.54) is 11.1 Å². The number of nitrogens with zero attached hydrogens (tertiary/aromatic N) is 1. The smallest absolute Gasteiger partial charge is 0.303 e. The Kier molecular flexibility index (Phi) is 5.80. The van der Waals surface area contributed by atoms with Gasteiger partial charge in [-0.1, -0.05) is 26.0 Å². The number of benzene rings is 1. The second-order valence-electron chi connectivity index (χ2n) is 6.98. The summed E-state index contributed by atoms with van der Waals surface area (Å²) in [4.78, 5) is 24.9. The van der Waals surface area contributed by atoms with E-state index >= 15 is 0 Å². The normalized spacial score (nSPS) is 16.7. The first-order valence-electron chi connectivity index (χ1n) is 8.54. The highest BCUT2D eigenvalue weighted by Gasteiger charge is 2.30. The summed E-state index contributed by atoms with van der Waals surface area (Å²) in [5.41, 5.74) is 3.53. The molecule has 0 saturated heterocycles. The number of carbonyl (C=O) groups is 2. The molecule has 0 bridgehead atoms. The number of fused-ring (bicyclic) bond motifs is 1. The summed E-state index contributed by atoms with van der Waals surface area (Å²) < 4.78 is 0. The van der Waals surface area contributed by atoms with Gasteiger partial charge in [0.25, 0.3) is 0 Å². The predicted molar refractivity (Wildman–Crippen MR) is 91.7 cm³/mol. The molecule has 4 nitrogen and oxygen atoms in total. The van der Waals surface area contributed by atoms with Crippen molar-refractivity contribution in [1.82, 2.24) is 0 Å². The minimum atomic E-state index is -0.730. The van der Waals surface area contributed by atoms with Crippen LogP contribution in [0.5, 0.6) is 0 Å². The van der Waals surface area contributed by atoms with Gasteiger partial charge in [0, 0.05) is 24.6 Å². The van der Waals surface area contributed by atoms with Gasteiger partial charge >= 0.3 is 5.97 Å². The van der Waals surface area contributed by atoms with Gasteiger partial charge in [-0.3, -0.25) is 9.59 Å². The molecule has 1 atom stereocenters. The van der Waals surface area contributed by atoms with Crippen LogP contribution in [0.2, 0.25) is 0 Å². The standard InChI is InChI=1S/C19H27NO3/c1-13(2)10-18(21)20-14(3)11-16-12-15(8-9-17(16)20)6-4-5-7-19(22)23/h8-9,12-14H,4-7,10-11H2,1-3H3,(H,22,23). The molecule has 1 aliphatic rings. The van der Waals surface area contributed by atoms with E-state index in [9.17, 15) is 9.59 Å². The molecule has 2 rings (SSSR count). The summed E-state index contributed by atoms with van der Waals surface area (Å²) in [5, 5.41) is 8.67. The number of aryl methyl sites for hydroxylation is 1. The molecule has 4 heteroatoms. The van der Waals surface area contributed by atoms with E-state index in [4.69, 9.17) is 5.11 Å². The molecule has 1 amide bonds. The number of carboxylic acid groups (broad SMARTS) is 1. The van der Waals surface area contributed by atoms with Gasteiger partial charge < -0.3 is 10.0 Å². The molecule has 0 spiro atoms. The Hall–Kier alpha value is -1.84. The highest BCUT2D eigenvalue weighted by Crippen LogP contribution is 2.34. The monoisotopic (exact) mass is 317 g/mol. The van der Waals surface area contributed by atoms with Crippen LogP contribution in [0.4, 0.5) is 5.69 Å². The van der Waals surface area contributed by atoms with Gasteiger partial charge in [-0.05, 0) is 55.7 Å². The third-order valence-electron chi connectivity index (χ3n) is 4.32. The molecule has 1 aliphatic heterocycles. The summed E-state index contributed by atoms with van der Waals surface area (Å²) in [5.74, 6) is -0.153.